The third-order valence-electron chi connectivity index (χ3n) is 5.16. The fourth-order valence-electron chi connectivity index (χ4n) is 3.33. The standard InChI is InChI=1S/C19H32N2/c1-5-19(6-2)11-12-21(15-19)14-18-9-7-17(8-10-18)13-20-16(3)4/h7-10,16,20H,5-6,11-15H2,1-4H3. The van der Waals surface area contributed by atoms with Crippen LogP contribution in [0.15, 0.2) is 24.3 Å². The quantitative estimate of drug-likeness (QED) is 0.809. The van der Waals surface area contributed by atoms with Gasteiger partial charge in [0.15, 0.2) is 0 Å². The highest BCUT2D eigenvalue weighted by Crippen LogP contribution is 2.37. The lowest BCUT2D eigenvalue weighted by Crippen LogP contribution is -2.26. The van der Waals surface area contributed by atoms with Gasteiger partial charge in [0.2, 0.25) is 0 Å². The van der Waals surface area contributed by atoms with Gasteiger partial charge in [-0.3, -0.25) is 4.90 Å². The molecule has 0 aliphatic carbocycles. The summed E-state index contributed by atoms with van der Waals surface area (Å²) in [6, 6.07) is 9.69. The van der Waals surface area contributed by atoms with E-state index in [1.807, 2.05) is 0 Å². The van der Waals surface area contributed by atoms with E-state index in [4.69, 9.17) is 0 Å². The summed E-state index contributed by atoms with van der Waals surface area (Å²) in [5.41, 5.74) is 3.41. The van der Waals surface area contributed by atoms with E-state index < -0.39 is 0 Å². The van der Waals surface area contributed by atoms with Crippen LogP contribution < -0.4 is 5.32 Å². The molecule has 0 unspecified atom stereocenters. The average Bonchev–Trinajstić information content (AvgIpc) is 2.90. The van der Waals surface area contributed by atoms with Crippen LogP contribution in [0.1, 0.15) is 58.1 Å². The van der Waals surface area contributed by atoms with Crippen molar-refractivity contribution in [2.24, 2.45) is 5.41 Å². The van der Waals surface area contributed by atoms with Gasteiger partial charge in [0, 0.05) is 25.7 Å². The highest BCUT2D eigenvalue weighted by Gasteiger charge is 2.34. The molecule has 1 heterocycles. The minimum atomic E-state index is 0.547. The molecule has 1 fully saturated rings. The molecule has 1 aromatic carbocycles. The number of rotatable bonds is 7. The largest absolute Gasteiger partial charge is 0.310 e. The van der Waals surface area contributed by atoms with E-state index in [0.29, 0.717) is 11.5 Å². The third kappa shape index (κ3) is 4.55. The van der Waals surface area contributed by atoms with Gasteiger partial charge in [0.05, 0.1) is 0 Å². The second kappa shape index (κ2) is 7.42. The summed E-state index contributed by atoms with van der Waals surface area (Å²) in [5, 5.41) is 3.47. The van der Waals surface area contributed by atoms with Crippen LogP contribution in [0.25, 0.3) is 0 Å². The van der Waals surface area contributed by atoms with E-state index >= 15 is 0 Å². The van der Waals surface area contributed by atoms with Crippen LogP contribution in [0.4, 0.5) is 0 Å². The Hall–Kier alpha value is -0.860. The molecular formula is C19H32N2. The molecular weight excluding hydrogens is 256 g/mol. The van der Waals surface area contributed by atoms with Crippen molar-refractivity contribution in [3.63, 3.8) is 0 Å². The smallest absolute Gasteiger partial charge is 0.0233 e. The summed E-state index contributed by atoms with van der Waals surface area (Å²) in [7, 11) is 0. The molecule has 2 heteroatoms. The van der Waals surface area contributed by atoms with Gasteiger partial charge in [0.1, 0.15) is 0 Å². The second-order valence-corrected chi connectivity index (χ2v) is 7.02. The van der Waals surface area contributed by atoms with E-state index in [1.165, 1.54) is 43.5 Å². The van der Waals surface area contributed by atoms with Crippen LogP contribution in [0.5, 0.6) is 0 Å². The molecule has 0 bridgehead atoms. The molecule has 0 atom stereocenters. The maximum absolute atomic E-state index is 3.47. The molecule has 1 aliphatic heterocycles. The monoisotopic (exact) mass is 288 g/mol. The van der Waals surface area contributed by atoms with E-state index in [9.17, 15) is 0 Å². The molecule has 1 N–H and O–H groups in total. The molecule has 0 saturated carbocycles. The predicted molar refractivity (Wildman–Crippen MR) is 91.3 cm³/mol. The lowest BCUT2D eigenvalue weighted by atomic mass is 9.82. The van der Waals surface area contributed by atoms with E-state index in [1.54, 1.807) is 0 Å². The van der Waals surface area contributed by atoms with Crippen molar-refractivity contribution in [1.29, 1.82) is 0 Å². The van der Waals surface area contributed by atoms with Gasteiger partial charge in [0.25, 0.3) is 0 Å². The van der Waals surface area contributed by atoms with Crippen LogP contribution >= 0.6 is 0 Å². The Balaban J connectivity index is 1.87. The van der Waals surface area contributed by atoms with Crippen molar-refractivity contribution < 1.29 is 0 Å². The third-order valence-corrected chi connectivity index (χ3v) is 5.16. The van der Waals surface area contributed by atoms with Gasteiger partial charge in [-0.15, -0.1) is 0 Å². The van der Waals surface area contributed by atoms with Crippen LogP contribution in [0.3, 0.4) is 0 Å². The number of nitrogens with one attached hydrogen (secondary N) is 1. The van der Waals surface area contributed by atoms with Crippen LogP contribution in [0, 0.1) is 5.41 Å². The maximum Gasteiger partial charge on any atom is 0.0233 e. The number of likely N-dealkylation sites (tertiary alicyclic amines) is 1. The molecule has 0 radical (unpaired) electrons. The molecule has 118 valence electrons. The minimum Gasteiger partial charge on any atom is -0.310 e. The number of nitrogens with zero attached hydrogens (tertiary/aromatic N) is 1. The number of hydrogen-bond donors (Lipinski definition) is 1. The zero-order valence-corrected chi connectivity index (χ0v) is 14.3. The topological polar surface area (TPSA) is 15.3 Å². The lowest BCUT2D eigenvalue weighted by Gasteiger charge is -2.26. The molecule has 0 spiro atoms. The van der Waals surface area contributed by atoms with Crippen LogP contribution in [-0.2, 0) is 13.1 Å². The molecule has 21 heavy (non-hydrogen) atoms. The average molecular weight is 288 g/mol. The Bertz CT molecular complexity index is 418. The molecule has 1 aromatic rings. The lowest BCUT2D eigenvalue weighted by molar-refractivity contribution is 0.236. The van der Waals surface area contributed by atoms with Gasteiger partial charge in [-0.1, -0.05) is 52.0 Å². The Kier molecular flexibility index (Phi) is 5.83. The second-order valence-electron chi connectivity index (χ2n) is 7.02. The molecule has 0 aromatic heterocycles. The van der Waals surface area contributed by atoms with Crippen LogP contribution in [-0.4, -0.2) is 24.0 Å². The molecule has 0 amide bonds. The van der Waals surface area contributed by atoms with E-state index in [-0.39, 0.29) is 0 Å². The van der Waals surface area contributed by atoms with E-state index in [0.717, 1.165) is 13.1 Å². The SMILES string of the molecule is CCC1(CC)CCN(Cc2ccc(CNC(C)C)cc2)C1. The van der Waals surface area contributed by atoms with Crippen LogP contribution in [0.2, 0.25) is 0 Å². The summed E-state index contributed by atoms with van der Waals surface area (Å²) < 4.78 is 0. The Morgan fingerprint density at radius 3 is 2.24 bits per heavy atom. The Morgan fingerprint density at radius 1 is 1.10 bits per heavy atom. The highest BCUT2D eigenvalue weighted by atomic mass is 15.2. The number of hydrogen-bond acceptors (Lipinski definition) is 2. The molecule has 1 saturated heterocycles. The maximum atomic E-state index is 3.47. The van der Waals surface area contributed by atoms with Crippen molar-refractivity contribution in [3.05, 3.63) is 35.4 Å². The van der Waals surface area contributed by atoms with Gasteiger partial charge >= 0.3 is 0 Å². The summed E-state index contributed by atoms with van der Waals surface area (Å²) in [4.78, 5) is 2.63. The van der Waals surface area contributed by atoms with E-state index in [2.05, 4.69) is 62.2 Å². The van der Waals surface area contributed by atoms with Gasteiger partial charge in [-0.05, 0) is 42.3 Å². The fraction of sp³-hybridized carbons (Fsp3) is 0.684. The zero-order chi connectivity index (χ0) is 15.3. The highest BCUT2D eigenvalue weighted by molar-refractivity contribution is 5.22. The summed E-state index contributed by atoms with van der Waals surface area (Å²) >= 11 is 0. The first kappa shape index (κ1) is 16.5. The normalized spacial score (nSPS) is 18.5. The summed E-state index contributed by atoms with van der Waals surface area (Å²) in [5.74, 6) is 0. The summed E-state index contributed by atoms with van der Waals surface area (Å²) in [6.45, 7) is 13.7. The molecule has 2 nitrogen and oxygen atoms in total. The van der Waals surface area contributed by atoms with Crippen molar-refractivity contribution in [1.82, 2.24) is 10.2 Å². The summed E-state index contributed by atoms with van der Waals surface area (Å²) in [6.07, 6.45) is 4.01. The van der Waals surface area contributed by atoms with Crippen molar-refractivity contribution >= 4 is 0 Å². The predicted octanol–water partition coefficient (Wildman–Crippen LogP) is 4.20. The van der Waals surface area contributed by atoms with Crippen molar-refractivity contribution in [2.75, 3.05) is 13.1 Å². The van der Waals surface area contributed by atoms with Gasteiger partial charge in [-0.2, -0.15) is 0 Å². The number of benzene rings is 1. The molecule has 1 aliphatic rings. The van der Waals surface area contributed by atoms with Crippen molar-refractivity contribution in [2.45, 2.75) is 66.1 Å². The first-order chi connectivity index (χ1) is 10.1. The molecule has 2 rings (SSSR count). The first-order valence-corrected chi connectivity index (χ1v) is 8.60. The zero-order valence-electron chi connectivity index (χ0n) is 14.3. The Labute approximate surface area is 130 Å². The minimum absolute atomic E-state index is 0.547. The van der Waals surface area contributed by atoms with Gasteiger partial charge in [-0.25, -0.2) is 0 Å². The fourth-order valence-corrected chi connectivity index (χ4v) is 3.33. The first-order valence-electron chi connectivity index (χ1n) is 8.60. The Morgan fingerprint density at radius 2 is 1.71 bits per heavy atom. The van der Waals surface area contributed by atoms with Gasteiger partial charge < -0.3 is 5.32 Å². The van der Waals surface area contributed by atoms with Crippen molar-refractivity contribution in [3.8, 4) is 0 Å².